The molecule has 8 aromatic rings. The molecule has 49 heavy (non-hydrogen) atoms. The van der Waals surface area contributed by atoms with Gasteiger partial charge in [-0.25, -0.2) is 15.0 Å². The van der Waals surface area contributed by atoms with Gasteiger partial charge >= 0.3 is 0 Å². The molecule has 0 fully saturated rings. The molecule has 6 nitrogen and oxygen atoms in total. The number of hydrogen-bond acceptors (Lipinski definition) is 6. The number of para-hydroxylation sites is 2. The third kappa shape index (κ3) is 5.74. The van der Waals surface area contributed by atoms with Crippen molar-refractivity contribution in [2.45, 2.75) is 19.6 Å². The molecule has 0 saturated carbocycles. The van der Waals surface area contributed by atoms with E-state index < -0.39 is 8.07 Å². The van der Waals surface area contributed by atoms with Gasteiger partial charge in [0.15, 0.2) is 11.4 Å². The maximum atomic E-state index is 11.0. The molecule has 3 aromatic heterocycles. The lowest BCUT2D eigenvalue weighted by molar-refractivity contribution is 0.477. The fraction of sp³-hybridized carbons (Fsp3) is 0.0714. The van der Waals surface area contributed by atoms with Gasteiger partial charge in [-0.3, -0.25) is 4.90 Å². The lowest BCUT2D eigenvalue weighted by Crippen LogP contribution is -2.38. The maximum absolute atomic E-state index is 11.0. The molecule has 7 heteroatoms. The highest BCUT2D eigenvalue weighted by Crippen LogP contribution is 2.40. The number of furan rings is 1. The minimum absolute atomic E-state index is 0.130. The molecule has 0 unspecified atom stereocenters. The summed E-state index contributed by atoms with van der Waals surface area (Å²) in [6, 6.07) is 46.7. The first-order chi connectivity index (χ1) is 23.8. The minimum Gasteiger partial charge on any atom is -0.507 e. The third-order valence-corrected chi connectivity index (χ3v) is 10.8. The van der Waals surface area contributed by atoms with Crippen LogP contribution < -0.4 is 10.1 Å². The van der Waals surface area contributed by atoms with E-state index in [9.17, 15) is 5.11 Å². The number of phenols is 1. The highest BCUT2D eigenvalue weighted by molar-refractivity contribution is 6.88. The van der Waals surface area contributed by atoms with Crippen molar-refractivity contribution in [1.82, 2.24) is 15.0 Å². The molecule has 1 N–H and O–H groups in total. The van der Waals surface area contributed by atoms with Gasteiger partial charge in [-0.2, -0.15) is 0 Å². The molecular formula is C42H34N4O2Si. The van der Waals surface area contributed by atoms with Crippen LogP contribution in [0.1, 0.15) is 0 Å². The third-order valence-electron chi connectivity index (χ3n) is 8.79. The molecule has 238 valence electrons. The second-order valence-corrected chi connectivity index (χ2v) is 18.2. The van der Waals surface area contributed by atoms with E-state index in [4.69, 9.17) is 19.4 Å². The van der Waals surface area contributed by atoms with Crippen LogP contribution in [0.25, 0.3) is 55.8 Å². The molecule has 0 spiro atoms. The van der Waals surface area contributed by atoms with Gasteiger partial charge in [0.05, 0.1) is 8.07 Å². The predicted molar refractivity (Wildman–Crippen MR) is 203 cm³/mol. The Labute approximate surface area is 286 Å². The van der Waals surface area contributed by atoms with E-state index in [0.29, 0.717) is 28.2 Å². The molecule has 0 aliphatic carbocycles. The van der Waals surface area contributed by atoms with Gasteiger partial charge in [0.25, 0.3) is 0 Å². The van der Waals surface area contributed by atoms with Crippen LogP contribution in [-0.4, -0.2) is 28.1 Å². The molecular weight excluding hydrogens is 621 g/mol. The highest BCUT2D eigenvalue weighted by Gasteiger charge is 2.25. The number of pyridine rings is 1. The smallest absolute Gasteiger partial charge is 0.180 e. The second kappa shape index (κ2) is 12.2. The normalized spacial score (nSPS) is 11.7. The molecule has 5 aromatic carbocycles. The van der Waals surface area contributed by atoms with Gasteiger partial charge in [-0.15, -0.1) is 0 Å². The average molecular weight is 655 g/mol. The standard InChI is InChI=1S/C42H34N4O2Si/c1-49(2,3)33-26-30(42-44-39(34-15-7-9-17-36(34)47)41-40(45-42)35-16-8-10-18-37(35)48-41)25-32(27-33)46(38-19-11-12-24-43-38)31-22-20-29(21-23-31)28-13-5-4-6-14-28/h4-27,47H,1-3H3. The largest absolute Gasteiger partial charge is 0.507 e. The number of nitrogens with zero attached hydrogens (tertiary/aromatic N) is 4. The summed E-state index contributed by atoms with van der Waals surface area (Å²) in [5.41, 5.74) is 8.25. The Morgan fingerprint density at radius 3 is 2.10 bits per heavy atom. The Morgan fingerprint density at radius 2 is 1.35 bits per heavy atom. The van der Waals surface area contributed by atoms with Crippen LogP contribution >= 0.6 is 0 Å². The fourth-order valence-corrected chi connectivity index (χ4v) is 7.38. The first-order valence-electron chi connectivity index (χ1n) is 16.3. The summed E-state index contributed by atoms with van der Waals surface area (Å²) in [4.78, 5) is 17.3. The summed E-state index contributed by atoms with van der Waals surface area (Å²) in [7, 11) is -1.86. The van der Waals surface area contributed by atoms with E-state index in [1.54, 1.807) is 12.1 Å². The lowest BCUT2D eigenvalue weighted by atomic mass is 10.0. The van der Waals surface area contributed by atoms with Gasteiger partial charge in [0.1, 0.15) is 28.4 Å². The van der Waals surface area contributed by atoms with Crippen molar-refractivity contribution in [2.75, 3.05) is 4.90 Å². The molecule has 0 atom stereocenters. The predicted octanol–water partition coefficient (Wildman–Crippen LogP) is 10.5. The summed E-state index contributed by atoms with van der Waals surface area (Å²) < 4.78 is 6.34. The molecule has 0 aliphatic rings. The van der Waals surface area contributed by atoms with E-state index in [-0.39, 0.29) is 5.75 Å². The van der Waals surface area contributed by atoms with Crippen LogP contribution in [-0.2, 0) is 0 Å². The van der Waals surface area contributed by atoms with E-state index in [1.165, 1.54) is 10.8 Å². The summed E-state index contributed by atoms with van der Waals surface area (Å²) >= 11 is 0. The summed E-state index contributed by atoms with van der Waals surface area (Å²) in [5.74, 6) is 1.49. The molecule has 8 rings (SSSR count). The number of benzene rings is 5. The van der Waals surface area contributed by atoms with E-state index in [1.807, 2.05) is 66.9 Å². The maximum Gasteiger partial charge on any atom is 0.180 e. The number of anilines is 3. The van der Waals surface area contributed by atoms with Gasteiger partial charge in [0.2, 0.25) is 0 Å². The zero-order valence-corrected chi connectivity index (χ0v) is 28.5. The first-order valence-corrected chi connectivity index (χ1v) is 19.8. The molecule has 3 heterocycles. The molecule has 0 amide bonds. The van der Waals surface area contributed by atoms with Crippen molar-refractivity contribution in [2.24, 2.45) is 0 Å². The Morgan fingerprint density at radius 1 is 0.633 bits per heavy atom. The Balaban J connectivity index is 1.36. The summed E-state index contributed by atoms with van der Waals surface area (Å²) in [5, 5.41) is 13.1. The van der Waals surface area contributed by atoms with Crippen molar-refractivity contribution in [3.63, 3.8) is 0 Å². The van der Waals surface area contributed by atoms with Crippen LogP contribution in [0.5, 0.6) is 5.75 Å². The quantitative estimate of drug-likeness (QED) is 0.172. The van der Waals surface area contributed by atoms with Gasteiger partial charge in [-0.1, -0.05) is 104 Å². The van der Waals surface area contributed by atoms with Crippen LogP contribution in [0.15, 0.2) is 150 Å². The first kappa shape index (κ1) is 30.3. The highest BCUT2D eigenvalue weighted by atomic mass is 28.3. The zero-order chi connectivity index (χ0) is 33.5. The SMILES string of the molecule is C[Si](C)(C)c1cc(-c2nc(-c3ccccc3O)c3oc4ccccc4c3n2)cc(N(c2ccc(-c3ccccc3)cc2)c2ccccn2)c1. The van der Waals surface area contributed by atoms with E-state index in [0.717, 1.165) is 39.3 Å². The number of aromatic nitrogens is 3. The van der Waals surface area contributed by atoms with Crippen LogP contribution in [0.4, 0.5) is 17.2 Å². The minimum atomic E-state index is -1.86. The number of hydrogen-bond donors (Lipinski definition) is 1. The number of aromatic hydroxyl groups is 1. The topological polar surface area (TPSA) is 75.3 Å². The lowest BCUT2D eigenvalue weighted by Gasteiger charge is -2.27. The van der Waals surface area contributed by atoms with Crippen molar-refractivity contribution in [3.8, 4) is 39.5 Å². The van der Waals surface area contributed by atoms with Gasteiger partial charge < -0.3 is 9.52 Å². The molecule has 0 saturated heterocycles. The number of phenolic OH excluding ortho intramolecular Hbond substituents is 1. The van der Waals surface area contributed by atoms with E-state index >= 15 is 0 Å². The molecule has 0 aliphatic heterocycles. The summed E-state index contributed by atoms with van der Waals surface area (Å²) in [6.45, 7) is 7.03. The fourth-order valence-electron chi connectivity index (χ4n) is 6.21. The van der Waals surface area contributed by atoms with E-state index in [2.05, 4.69) is 91.3 Å². The van der Waals surface area contributed by atoms with Crippen molar-refractivity contribution in [1.29, 1.82) is 0 Å². The van der Waals surface area contributed by atoms with Crippen molar-refractivity contribution < 1.29 is 9.52 Å². The average Bonchev–Trinajstić information content (AvgIpc) is 3.51. The Kier molecular flexibility index (Phi) is 7.54. The molecule has 0 radical (unpaired) electrons. The number of fused-ring (bicyclic) bond motifs is 3. The Hall–Kier alpha value is -6.05. The summed E-state index contributed by atoms with van der Waals surface area (Å²) in [6.07, 6.45) is 1.82. The zero-order valence-electron chi connectivity index (χ0n) is 27.5. The van der Waals surface area contributed by atoms with Crippen molar-refractivity contribution >= 4 is 52.5 Å². The van der Waals surface area contributed by atoms with Crippen LogP contribution in [0, 0.1) is 0 Å². The Bertz CT molecular complexity index is 2440. The second-order valence-electron chi connectivity index (χ2n) is 13.1. The van der Waals surface area contributed by atoms with Crippen LogP contribution in [0.3, 0.4) is 0 Å². The van der Waals surface area contributed by atoms with Gasteiger partial charge in [0, 0.05) is 34.1 Å². The van der Waals surface area contributed by atoms with Gasteiger partial charge in [-0.05, 0) is 71.8 Å². The number of rotatable bonds is 7. The molecule has 0 bridgehead atoms. The monoisotopic (exact) mass is 654 g/mol. The van der Waals surface area contributed by atoms with Crippen LogP contribution in [0.2, 0.25) is 19.6 Å². The van der Waals surface area contributed by atoms with Crippen molar-refractivity contribution in [3.05, 3.63) is 146 Å².